The number of carboxylic acids is 1. The lowest BCUT2D eigenvalue weighted by Gasteiger charge is -2.19. The van der Waals surface area contributed by atoms with Crippen molar-refractivity contribution in [1.29, 1.82) is 0 Å². The van der Waals surface area contributed by atoms with Gasteiger partial charge < -0.3 is 10.4 Å². The molecule has 3 nitrogen and oxygen atoms in total. The molecule has 12 heteroatoms. The van der Waals surface area contributed by atoms with Crippen LogP contribution in [0, 0.1) is 5.92 Å². The summed E-state index contributed by atoms with van der Waals surface area (Å²) in [5, 5.41) is 12.6. The van der Waals surface area contributed by atoms with E-state index in [9.17, 15) is 49.4 Å². The van der Waals surface area contributed by atoms with Crippen LogP contribution in [0.5, 0.6) is 0 Å². The van der Waals surface area contributed by atoms with Crippen LogP contribution in [0.25, 0.3) is 11.1 Å². The lowest BCUT2D eigenvalue weighted by Crippen LogP contribution is -2.15. The van der Waals surface area contributed by atoms with Gasteiger partial charge in [-0.05, 0) is 77.1 Å². The van der Waals surface area contributed by atoms with E-state index in [0.717, 1.165) is 12.1 Å². The Labute approximate surface area is 223 Å². The Balaban J connectivity index is 2.06. The molecule has 0 saturated carbocycles. The van der Waals surface area contributed by atoms with Crippen molar-refractivity contribution in [2.45, 2.75) is 51.3 Å². The van der Waals surface area contributed by atoms with Crippen molar-refractivity contribution in [2.24, 2.45) is 5.92 Å². The molecular weight excluding hydrogens is 553 g/mol. The van der Waals surface area contributed by atoms with Crippen LogP contribution in [0.3, 0.4) is 0 Å². The van der Waals surface area contributed by atoms with Crippen LogP contribution in [0.4, 0.5) is 45.2 Å². The van der Waals surface area contributed by atoms with Crippen LogP contribution in [0.2, 0.25) is 0 Å². The number of aliphatic carboxylic acids is 1. The zero-order valence-corrected chi connectivity index (χ0v) is 21.1. The molecule has 40 heavy (non-hydrogen) atoms. The Morgan fingerprint density at radius 3 is 1.70 bits per heavy atom. The molecule has 0 spiro atoms. The number of carboxylic acid groups (broad SMARTS) is 1. The van der Waals surface area contributed by atoms with Crippen molar-refractivity contribution >= 4 is 11.7 Å². The largest absolute Gasteiger partial charge is 0.481 e. The summed E-state index contributed by atoms with van der Waals surface area (Å²) in [6.45, 7) is 3.10. The number of carbonyl (C=O) groups is 1. The molecule has 0 aliphatic rings. The van der Waals surface area contributed by atoms with Crippen molar-refractivity contribution in [3.63, 3.8) is 0 Å². The summed E-state index contributed by atoms with van der Waals surface area (Å²) in [5.74, 6) is -2.25. The first-order valence-electron chi connectivity index (χ1n) is 11.9. The summed E-state index contributed by atoms with van der Waals surface area (Å²) in [5.41, 5.74) is -3.18. The van der Waals surface area contributed by atoms with Crippen LogP contribution in [-0.4, -0.2) is 11.1 Å². The fourth-order valence-electron chi connectivity index (χ4n) is 4.15. The van der Waals surface area contributed by atoms with Gasteiger partial charge in [0.1, 0.15) is 0 Å². The third kappa shape index (κ3) is 7.92. The van der Waals surface area contributed by atoms with Gasteiger partial charge in [0, 0.05) is 12.2 Å². The predicted molar refractivity (Wildman–Crippen MR) is 130 cm³/mol. The molecule has 1 atom stereocenters. The van der Waals surface area contributed by atoms with Crippen LogP contribution in [-0.2, 0) is 29.9 Å². The standard InChI is InChI=1S/C28H24F9NO2/c1-15(2)7-24(25(39)40)19-10-18(17-3-5-20(6-4-17)26(29,30)31)11-23(12-19)38-14-16-8-21(27(32,33)34)13-22(9-16)28(35,36)37/h3-6,8-13,15,24,38H,7,14H2,1-2H3,(H,39,40)/t24-/m1/s1. The Hall–Kier alpha value is -3.70. The summed E-state index contributed by atoms with van der Waals surface area (Å²) in [4.78, 5) is 12.0. The maximum atomic E-state index is 13.2. The van der Waals surface area contributed by atoms with E-state index >= 15 is 0 Å². The average molecular weight is 577 g/mol. The molecule has 0 radical (unpaired) electrons. The second kappa shape index (κ2) is 11.4. The number of alkyl halides is 9. The number of hydrogen-bond acceptors (Lipinski definition) is 2. The van der Waals surface area contributed by atoms with Gasteiger partial charge in [-0.15, -0.1) is 0 Å². The average Bonchev–Trinajstić information content (AvgIpc) is 2.84. The Morgan fingerprint density at radius 1 is 0.725 bits per heavy atom. The van der Waals surface area contributed by atoms with E-state index in [0.29, 0.717) is 23.3 Å². The molecule has 0 heterocycles. The maximum absolute atomic E-state index is 13.2. The SMILES string of the molecule is CC(C)C[C@@H](C(=O)O)c1cc(NCc2cc(C(F)(F)F)cc(C(F)(F)F)c2)cc(-c2ccc(C(F)(F)F)cc2)c1. The molecule has 216 valence electrons. The van der Waals surface area contributed by atoms with Crippen molar-refractivity contribution in [2.75, 3.05) is 5.32 Å². The fraction of sp³-hybridized carbons (Fsp3) is 0.321. The monoisotopic (exact) mass is 577 g/mol. The molecule has 0 fully saturated rings. The van der Waals surface area contributed by atoms with E-state index in [1.54, 1.807) is 13.8 Å². The Kier molecular flexibility index (Phi) is 8.80. The van der Waals surface area contributed by atoms with Crippen LogP contribution < -0.4 is 5.32 Å². The minimum atomic E-state index is -5.03. The summed E-state index contributed by atoms with van der Waals surface area (Å²) >= 11 is 0. The van der Waals surface area contributed by atoms with Gasteiger partial charge >= 0.3 is 24.5 Å². The van der Waals surface area contributed by atoms with E-state index in [-0.39, 0.29) is 35.2 Å². The second-order valence-electron chi connectivity index (χ2n) is 9.71. The zero-order chi connectivity index (χ0) is 30.0. The van der Waals surface area contributed by atoms with Gasteiger partial charge in [-0.25, -0.2) is 0 Å². The van der Waals surface area contributed by atoms with Crippen molar-refractivity contribution < 1.29 is 49.4 Å². The number of anilines is 1. The van der Waals surface area contributed by atoms with Gasteiger partial charge in [-0.1, -0.05) is 32.0 Å². The molecule has 0 bridgehead atoms. The summed E-state index contributed by atoms with van der Waals surface area (Å²) in [6, 6.07) is 9.54. The van der Waals surface area contributed by atoms with E-state index in [2.05, 4.69) is 5.32 Å². The van der Waals surface area contributed by atoms with Gasteiger partial charge in [0.25, 0.3) is 0 Å². The minimum absolute atomic E-state index is 0.0101. The number of nitrogens with one attached hydrogen (secondary N) is 1. The molecular formula is C28H24F9NO2. The highest BCUT2D eigenvalue weighted by Crippen LogP contribution is 2.37. The molecule has 3 aromatic carbocycles. The molecule has 2 N–H and O–H groups in total. The predicted octanol–water partition coefficient (Wildman–Crippen LogP) is 9.24. The van der Waals surface area contributed by atoms with E-state index in [1.807, 2.05) is 0 Å². The molecule has 3 rings (SSSR count). The van der Waals surface area contributed by atoms with Gasteiger partial charge in [0.05, 0.1) is 22.6 Å². The lowest BCUT2D eigenvalue weighted by atomic mass is 9.88. The van der Waals surface area contributed by atoms with Gasteiger partial charge in [0.15, 0.2) is 0 Å². The highest BCUT2D eigenvalue weighted by Gasteiger charge is 2.37. The zero-order valence-electron chi connectivity index (χ0n) is 21.1. The van der Waals surface area contributed by atoms with E-state index < -0.39 is 53.7 Å². The van der Waals surface area contributed by atoms with Gasteiger partial charge in [-0.2, -0.15) is 39.5 Å². The topological polar surface area (TPSA) is 49.3 Å². The van der Waals surface area contributed by atoms with Gasteiger partial charge in [-0.3, -0.25) is 4.79 Å². The smallest absolute Gasteiger partial charge is 0.416 e. The first-order chi connectivity index (χ1) is 18.3. The Morgan fingerprint density at radius 2 is 1.25 bits per heavy atom. The summed E-state index contributed by atoms with van der Waals surface area (Å²) < 4.78 is 119. The quantitative estimate of drug-likeness (QED) is 0.263. The highest BCUT2D eigenvalue weighted by atomic mass is 19.4. The minimum Gasteiger partial charge on any atom is -0.481 e. The molecule has 3 aromatic rings. The molecule has 0 aromatic heterocycles. The maximum Gasteiger partial charge on any atom is 0.416 e. The highest BCUT2D eigenvalue weighted by molar-refractivity contribution is 5.79. The van der Waals surface area contributed by atoms with Crippen LogP contribution in [0.15, 0.2) is 60.7 Å². The number of hydrogen-bond donors (Lipinski definition) is 2. The number of benzene rings is 3. The normalized spacial score (nSPS) is 13.4. The van der Waals surface area contributed by atoms with Crippen LogP contribution in [0.1, 0.15) is 54.0 Å². The molecule has 0 unspecified atom stereocenters. The van der Waals surface area contributed by atoms with Crippen molar-refractivity contribution in [3.05, 3.63) is 88.5 Å². The number of rotatable bonds is 8. The van der Waals surface area contributed by atoms with E-state index in [4.69, 9.17) is 0 Å². The van der Waals surface area contributed by atoms with E-state index in [1.165, 1.54) is 30.3 Å². The van der Waals surface area contributed by atoms with Gasteiger partial charge in [0.2, 0.25) is 0 Å². The molecule has 0 amide bonds. The first-order valence-corrected chi connectivity index (χ1v) is 11.9. The summed E-state index contributed by atoms with van der Waals surface area (Å²) in [7, 11) is 0. The third-order valence-corrected chi connectivity index (χ3v) is 6.05. The fourth-order valence-corrected chi connectivity index (χ4v) is 4.15. The lowest BCUT2D eigenvalue weighted by molar-refractivity contribution is -0.143. The summed E-state index contributed by atoms with van der Waals surface area (Å²) in [6.07, 6.45) is -14.4. The molecule has 0 aliphatic carbocycles. The molecule has 0 saturated heterocycles. The Bertz CT molecular complexity index is 1310. The molecule has 0 aliphatic heterocycles. The van der Waals surface area contributed by atoms with Crippen molar-refractivity contribution in [1.82, 2.24) is 0 Å². The van der Waals surface area contributed by atoms with Crippen LogP contribution >= 0.6 is 0 Å². The second-order valence-corrected chi connectivity index (χ2v) is 9.71. The third-order valence-electron chi connectivity index (χ3n) is 6.05. The first kappa shape index (κ1) is 30.8. The van der Waals surface area contributed by atoms with Crippen molar-refractivity contribution in [3.8, 4) is 11.1 Å². The number of halogens is 9.